The van der Waals surface area contributed by atoms with Gasteiger partial charge in [-0.3, -0.25) is 4.79 Å². The molecule has 2 saturated carbocycles. The molecule has 0 bridgehead atoms. The van der Waals surface area contributed by atoms with E-state index in [0.717, 1.165) is 38.5 Å². The molecule has 0 spiro atoms. The molecule has 0 N–H and O–H groups in total. The summed E-state index contributed by atoms with van der Waals surface area (Å²) in [7, 11) is 0. The van der Waals surface area contributed by atoms with Crippen LogP contribution in [0.4, 0.5) is 4.39 Å². The molecule has 106 valence electrons. The van der Waals surface area contributed by atoms with E-state index in [0.29, 0.717) is 23.5 Å². The number of Topliss-reactive ketones (excluding diaryl/α,β-unsaturated/α-hetero) is 1. The molecule has 0 aliphatic heterocycles. The maximum absolute atomic E-state index is 13.4. The van der Waals surface area contributed by atoms with Gasteiger partial charge in [0.05, 0.1) is 0 Å². The maximum Gasteiger partial charge on any atom is 0.139 e. The van der Waals surface area contributed by atoms with Gasteiger partial charge in [-0.25, -0.2) is 4.39 Å². The molecule has 3 aliphatic rings. The van der Waals surface area contributed by atoms with E-state index < -0.39 is 0 Å². The lowest BCUT2D eigenvalue weighted by molar-refractivity contribution is -0.129. The molecule has 2 fully saturated rings. The first kappa shape index (κ1) is 12.6. The van der Waals surface area contributed by atoms with Crippen LogP contribution in [0.3, 0.4) is 0 Å². The van der Waals surface area contributed by atoms with Gasteiger partial charge in [-0.1, -0.05) is 13.0 Å². The molecule has 3 aliphatic carbocycles. The van der Waals surface area contributed by atoms with E-state index in [2.05, 4.69) is 6.92 Å². The SMILES string of the molecule is CC12CCC3c4ccc(F)cc4CCC3C1CCC2=O. The molecule has 2 heteroatoms. The molecular weight excluding hydrogens is 251 g/mol. The van der Waals surface area contributed by atoms with Crippen LogP contribution in [0.1, 0.15) is 56.1 Å². The van der Waals surface area contributed by atoms with E-state index in [9.17, 15) is 9.18 Å². The maximum atomic E-state index is 13.4. The first-order valence-electron chi connectivity index (χ1n) is 7.91. The number of hydrogen-bond donors (Lipinski definition) is 0. The zero-order chi connectivity index (χ0) is 13.9. The van der Waals surface area contributed by atoms with Crippen LogP contribution in [0.25, 0.3) is 0 Å². The van der Waals surface area contributed by atoms with Crippen molar-refractivity contribution in [3.8, 4) is 0 Å². The summed E-state index contributed by atoms with van der Waals surface area (Å²) in [6, 6.07) is 5.33. The average Bonchev–Trinajstić information content (AvgIpc) is 2.74. The second-order valence-corrected chi connectivity index (χ2v) is 7.18. The molecule has 0 saturated heterocycles. The minimum absolute atomic E-state index is 0.0568. The van der Waals surface area contributed by atoms with Crippen LogP contribution in [-0.2, 0) is 11.2 Å². The highest BCUT2D eigenvalue weighted by molar-refractivity contribution is 5.87. The number of fused-ring (bicyclic) bond motifs is 5. The molecule has 20 heavy (non-hydrogen) atoms. The molecule has 1 nitrogen and oxygen atoms in total. The van der Waals surface area contributed by atoms with E-state index in [4.69, 9.17) is 0 Å². The Hall–Kier alpha value is -1.18. The van der Waals surface area contributed by atoms with E-state index in [1.54, 1.807) is 12.1 Å². The Kier molecular flexibility index (Phi) is 2.61. The van der Waals surface area contributed by atoms with Crippen LogP contribution < -0.4 is 0 Å². The van der Waals surface area contributed by atoms with Gasteiger partial charge >= 0.3 is 0 Å². The fraction of sp³-hybridized carbons (Fsp3) is 0.611. The molecule has 4 unspecified atom stereocenters. The van der Waals surface area contributed by atoms with E-state index in [-0.39, 0.29) is 11.2 Å². The third-order valence-electron chi connectivity index (χ3n) is 6.40. The third kappa shape index (κ3) is 1.57. The van der Waals surface area contributed by atoms with Gasteiger partial charge in [-0.2, -0.15) is 0 Å². The predicted molar refractivity (Wildman–Crippen MR) is 76.0 cm³/mol. The Morgan fingerprint density at radius 3 is 2.90 bits per heavy atom. The molecule has 0 heterocycles. The Morgan fingerprint density at radius 1 is 1.20 bits per heavy atom. The van der Waals surface area contributed by atoms with E-state index in [1.165, 1.54) is 11.1 Å². The van der Waals surface area contributed by atoms with Gasteiger partial charge in [0.25, 0.3) is 0 Å². The van der Waals surface area contributed by atoms with E-state index in [1.807, 2.05) is 6.07 Å². The Bertz CT molecular complexity index is 579. The molecular formula is C18H21FO. The van der Waals surface area contributed by atoms with Crippen molar-refractivity contribution in [3.05, 3.63) is 35.1 Å². The second kappa shape index (κ2) is 4.16. The van der Waals surface area contributed by atoms with E-state index >= 15 is 0 Å². The van der Waals surface area contributed by atoms with Gasteiger partial charge in [0, 0.05) is 11.8 Å². The van der Waals surface area contributed by atoms with Crippen LogP contribution in [0.15, 0.2) is 18.2 Å². The standard InChI is InChI=1S/C18H21FO/c1-18-9-8-14-13-5-3-12(19)10-11(13)2-4-15(14)16(18)6-7-17(18)20/h3,5,10,14-16H,2,4,6-9H2,1H3. The van der Waals surface area contributed by atoms with Gasteiger partial charge in [0.1, 0.15) is 11.6 Å². The van der Waals surface area contributed by atoms with Gasteiger partial charge in [-0.05, 0) is 73.1 Å². The van der Waals surface area contributed by atoms with Crippen LogP contribution in [-0.4, -0.2) is 5.78 Å². The lowest BCUT2D eigenvalue weighted by atomic mass is 9.55. The summed E-state index contributed by atoms with van der Waals surface area (Å²) in [4.78, 5) is 12.2. The number of rotatable bonds is 0. The van der Waals surface area contributed by atoms with Crippen LogP contribution in [0.2, 0.25) is 0 Å². The summed E-state index contributed by atoms with van der Waals surface area (Å²) in [5, 5.41) is 0. The number of halogens is 1. The lowest BCUT2D eigenvalue weighted by Crippen LogP contribution is -2.42. The highest BCUT2D eigenvalue weighted by Crippen LogP contribution is 2.59. The van der Waals surface area contributed by atoms with Crippen molar-refractivity contribution in [2.75, 3.05) is 0 Å². The zero-order valence-corrected chi connectivity index (χ0v) is 12.0. The van der Waals surface area contributed by atoms with Crippen molar-refractivity contribution in [2.45, 2.75) is 51.4 Å². The van der Waals surface area contributed by atoms with Crippen LogP contribution in [0, 0.1) is 23.1 Å². The molecule has 4 rings (SSSR count). The number of ketones is 1. The van der Waals surface area contributed by atoms with Crippen molar-refractivity contribution in [2.24, 2.45) is 17.3 Å². The molecule has 0 aromatic heterocycles. The fourth-order valence-electron chi connectivity index (χ4n) is 5.32. The molecule has 4 atom stereocenters. The van der Waals surface area contributed by atoms with Gasteiger partial charge in [-0.15, -0.1) is 0 Å². The monoisotopic (exact) mass is 272 g/mol. The van der Waals surface area contributed by atoms with Crippen molar-refractivity contribution in [1.82, 2.24) is 0 Å². The summed E-state index contributed by atoms with van der Waals surface area (Å²) < 4.78 is 13.4. The van der Waals surface area contributed by atoms with Gasteiger partial charge in [0.15, 0.2) is 0 Å². The van der Waals surface area contributed by atoms with Crippen LogP contribution in [0.5, 0.6) is 0 Å². The number of hydrogen-bond acceptors (Lipinski definition) is 1. The topological polar surface area (TPSA) is 17.1 Å². The summed E-state index contributed by atoms with van der Waals surface area (Å²) in [6.07, 6.45) is 6.09. The minimum atomic E-state index is -0.112. The third-order valence-corrected chi connectivity index (χ3v) is 6.40. The second-order valence-electron chi connectivity index (χ2n) is 7.18. The molecule has 0 radical (unpaired) electrons. The van der Waals surface area contributed by atoms with Crippen molar-refractivity contribution in [3.63, 3.8) is 0 Å². The average molecular weight is 272 g/mol. The number of benzene rings is 1. The predicted octanol–water partition coefficient (Wildman–Crippen LogP) is 4.25. The smallest absolute Gasteiger partial charge is 0.139 e. The van der Waals surface area contributed by atoms with Gasteiger partial charge in [0.2, 0.25) is 0 Å². The zero-order valence-electron chi connectivity index (χ0n) is 12.0. The Balaban J connectivity index is 1.73. The fourth-order valence-corrected chi connectivity index (χ4v) is 5.32. The van der Waals surface area contributed by atoms with Gasteiger partial charge < -0.3 is 0 Å². The summed E-state index contributed by atoms with van der Waals surface area (Å²) >= 11 is 0. The lowest BCUT2D eigenvalue weighted by Gasteiger charge is -2.48. The summed E-state index contributed by atoms with van der Waals surface area (Å²) in [6.45, 7) is 2.20. The van der Waals surface area contributed by atoms with Crippen molar-refractivity contribution < 1.29 is 9.18 Å². The number of carbonyl (C=O) groups excluding carboxylic acids is 1. The molecule has 1 aromatic carbocycles. The quantitative estimate of drug-likeness (QED) is 0.690. The normalized spacial score (nSPS) is 39.1. The summed E-state index contributed by atoms with van der Waals surface area (Å²) in [5.74, 6) is 2.14. The molecule has 1 aromatic rings. The largest absolute Gasteiger partial charge is 0.299 e. The first-order chi connectivity index (χ1) is 9.59. The van der Waals surface area contributed by atoms with Crippen molar-refractivity contribution in [1.29, 1.82) is 0 Å². The van der Waals surface area contributed by atoms with Crippen LogP contribution >= 0.6 is 0 Å². The highest BCUT2D eigenvalue weighted by atomic mass is 19.1. The highest BCUT2D eigenvalue weighted by Gasteiger charge is 2.54. The number of aryl methyl sites for hydroxylation is 1. The Morgan fingerprint density at radius 2 is 2.05 bits per heavy atom. The van der Waals surface area contributed by atoms with Crippen molar-refractivity contribution >= 4 is 5.78 Å². The molecule has 0 amide bonds. The number of carbonyl (C=O) groups is 1. The minimum Gasteiger partial charge on any atom is -0.299 e. The first-order valence-corrected chi connectivity index (χ1v) is 7.91. The Labute approximate surface area is 119 Å². The summed E-state index contributed by atoms with van der Waals surface area (Å²) in [5.41, 5.74) is 2.52.